The third-order valence-corrected chi connectivity index (χ3v) is 8.28. The maximum Gasteiger partial charge on any atom is 0.0137 e. The molecule has 36 heavy (non-hydrogen) atoms. The second-order valence-electron chi connectivity index (χ2n) is 10.3. The fourth-order valence-corrected chi connectivity index (χ4v) is 6.58. The van der Waals surface area contributed by atoms with Crippen molar-refractivity contribution in [2.45, 2.75) is 25.7 Å². The highest BCUT2D eigenvalue weighted by molar-refractivity contribution is 5.82. The van der Waals surface area contributed by atoms with Gasteiger partial charge in [0.15, 0.2) is 0 Å². The minimum atomic E-state index is 0.352. The minimum absolute atomic E-state index is 0.352. The monoisotopic (exact) mass is 462 g/mol. The molecule has 0 amide bonds. The Morgan fingerprint density at radius 3 is 1.94 bits per heavy atom. The molecular formula is C36H30. The lowest BCUT2D eigenvalue weighted by Crippen LogP contribution is -2.40. The van der Waals surface area contributed by atoms with Gasteiger partial charge in [0.2, 0.25) is 0 Å². The zero-order valence-corrected chi connectivity index (χ0v) is 20.5. The summed E-state index contributed by atoms with van der Waals surface area (Å²) in [6.07, 6.45) is 21.3. The van der Waals surface area contributed by atoms with Crippen LogP contribution >= 0.6 is 0 Å². The summed E-state index contributed by atoms with van der Waals surface area (Å²) in [7, 11) is 0. The fourth-order valence-electron chi connectivity index (χ4n) is 6.58. The molecule has 0 saturated heterocycles. The van der Waals surface area contributed by atoms with Crippen LogP contribution in [0.15, 0.2) is 138 Å². The summed E-state index contributed by atoms with van der Waals surface area (Å²) < 4.78 is 0. The van der Waals surface area contributed by atoms with Crippen LogP contribution < -0.4 is 10.4 Å². The van der Waals surface area contributed by atoms with Gasteiger partial charge in [0.05, 0.1) is 0 Å². The normalized spacial score (nSPS) is 22.2. The van der Waals surface area contributed by atoms with Crippen LogP contribution in [0.3, 0.4) is 0 Å². The van der Waals surface area contributed by atoms with E-state index < -0.39 is 0 Å². The Morgan fingerprint density at radius 1 is 0.528 bits per heavy atom. The van der Waals surface area contributed by atoms with Gasteiger partial charge in [-0.2, -0.15) is 0 Å². The zero-order valence-electron chi connectivity index (χ0n) is 20.5. The lowest BCUT2D eigenvalue weighted by Gasteiger charge is -2.35. The zero-order chi connectivity index (χ0) is 23.9. The molecule has 0 fully saturated rings. The molecule has 0 aromatic heterocycles. The third kappa shape index (κ3) is 3.60. The highest BCUT2D eigenvalue weighted by Gasteiger charge is 2.33. The first-order valence-electron chi connectivity index (χ1n) is 13.3. The van der Waals surface area contributed by atoms with Gasteiger partial charge in [-0.1, -0.05) is 121 Å². The van der Waals surface area contributed by atoms with Crippen LogP contribution in [0.2, 0.25) is 0 Å². The Bertz CT molecular complexity index is 1600. The van der Waals surface area contributed by atoms with Crippen LogP contribution in [-0.4, -0.2) is 0 Å². The second kappa shape index (κ2) is 8.95. The van der Waals surface area contributed by atoms with Gasteiger partial charge < -0.3 is 0 Å². The van der Waals surface area contributed by atoms with Crippen molar-refractivity contribution in [3.05, 3.63) is 154 Å². The van der Waals surface area contributed by atoms with E-state index in [2.05, 4.69) is 121 Å². The van der Waals surface area contributed by atoms with Gasteiger partial charge in [-0.05, 0) is 80.7 Å². The number of allylic oxidation sites excluding steroid dienone is 10. The summed E-state index contributed by atoms with van der Waals surface area (Å²) in [6, 6.07) is 29.0. The van der Waals surface area contributed by atoms with Crippen LogP contribution in [-0.2, 0) is 0 Å². The van der Waals surface area contributed by atoms with E-state index in [9.17, 15) is 0 Å². The van der Waals surface area contributed by atoms with Crippen molar-refractivity contribution in [2.75, 3.05) is 0 Å². The molecule has 3 aromatic rings. The van der Waals surface area contributed by atoms with Crippen molar-refractivity contribution in [3.8, 4) is 11.1 Å². The highest BCUT2D eigenvalue weighted by atomic mass is 14.4. The predicted octanol–water partition coefficient (Wildman–Crippen LogP) is 7.44. The van der Waals surface area contributed by atoms with Crippen molar-refractivity contribution in [3.63, 3.8) is 0 Å². The summed E-state index contributed by atoms with van der Waals surface area (Å²) in [4.78, 5) is 0. The highest BCUT2D eigenvalue weighted by Crippen LogP contribution is 2.43. The molecule has 3 aromatic carbocycles. The molecule has 0 bridgehead atoms. The third-order valence-electron chi connectivity index (χ3n) is 8.28. The van der Waals surface area contributed by atoms with Gasteiger partial charge in [0.1, 0.15) is 0 Å². The SMILES string of the molecule is C1=CC2C(C3=CC4=C(C=CCC4)CC3)=c3ccccc3=C(c3ccc(-c4ccccc4)cc3)C2C=C1. The lowest BCUT2D eigenvalue weighted by atomic mass is 9.68. The molecule has 0 radical (unpaired) electrons. The molecular weight excluding hydrogens is 432 g/mol. The Kier molecular flexibility index (Phi) is 5.32. The summed E-state index contributed by atoms with van der Waals surface area (Å²) in [5, 5.41) is 2.81. The van der Waals surface area contributed by atoms with Gasteiger partial charge in [-0.25, -0.2) is 0 Å². The van der Waals surface area contributed by atoms with E-state index >= 15 is 0 Å². The molecule has 0 heterocycles. The van der Waals surface area contributed by atoms with Crippen LogP contribution in [0, 0.1) is 11.8 Å². The van der Waals surface area contributed by atoms with E-state index in [-0.39, 0.29) is 0 Å². The Labute approximate surface area is 213 Å². The Hall–Kier alpha value is -3.90. The van der Waals surface area contributed by atoms with Gasteiger partial charge in [0, 0.05) is 11.8 Å². The van der Waals surface area contributed by atoms with Crippen molar-refractivity contribution in [2.24, 2.45) is 11.8 Å². The van der Waals surface area contributed by atoms with Gasteiger partial charge in [-0.3, -0.25) is 0 Å². The smallest absolute Gasteiger partial charge is 0.0137 e. The van der Waals surface area contributed by atoms with Gasteiger partial charge >= 0.3 is 0 Å². The first-order valence-corrected chi connectivity index (χ1v) is 13.3. The first-order chi connectivity index (χ1) is 17.9. The van der Waals surface area contributed by atoms with Crippen LogP contribution in [0.1, 0.15) is 31.2 Å². The molecule has 2 atom stereocenters. The van der Waals surface area contributed by atoms with E-state index in [0.29, 0.717) is 11.8 Å². The number of hydrogen-bond acceptors (Lipinski definition) is 0. The van der Waals surface area contributed by atoms with Crippen molar-refractivity contribution in [1.29, 1.82) is 0 Å². The molecule has 4 aliphatic rings. The van der Waals surface area contributed by atoms with E-state index in [1.807, 2.05) is 0 Å². The number of hydrogen-bond donors (Lipinski definition) is 0. The molecule has 0 spiro atoms. The maximum absolute atomic E-state index is 2.54. The molecule has 0 aliphatic heterocycles. The van der Waals surface area contributed by atoms with E-state index in [1.165, 1.54) is 45.5 Å². The predicted molar refractivity (Wildman–Crippen MR) is 151 cm³/mol. The summed E-state index contributed by atoms with van der Waals surface area (Å²) in [5.41, 5.74) is 11.5. The first kappa shape index (κ1) is 21.4. The summed E-state index contributed by atoms with van der Waals surface area (Å²) in [6.45, 7) is 0. The standard InChI is InChI=1S/C36H30/c1-2-10-25(11-3-1)27-18-21-28(22-19-27)35-31-14-6-8-16-33(31)36(34-17-9-7-15-32(34)35)30-23-20-26-12-4-5-13-29(26)24-30/h1-4,6-12,14-19,21-22,24,31,33H,5,13,20,23H2. The molecule has 0 heteroatoms. The Balaban J connectivity index is 1.44. The average Bonchev–Trinajstić information content (AvgIpc) is 2.96. The van der Waals surface area contributed by atoms with E-state index in [4.69, 9.17) is 0 Å². The van der Waals surface area contributed by atoms with Crippen LogP contribution in [0.5, 0.6) is 0 Å². The molecule has 7 rings (SSSR count). The van der Waals surface area contributed by atoms with Crippen LogP contribution in [0.4, 0.5) is 0 Å². The van der Waals surface area contributed by atoms with Crippen LogP contribution in [0.25, 0.3) is 22.3 Å². The largest absolute Gasteiger partial charge is 0.0839 e. The molecule has 4 aliphatic carbocycles. The second-order valence-corrected chi connectivity index (χ2v) is 10.3. The molecule has 0 N–H and O–H groups in total. The van der Waals surface area contributed by atoms with E-state index in [0.717, 1.165) is 12.8 Å². The van der Waals surface area contributed by atoms with Gasteiger partial charge in [-0.15, -0.1) is 0 Å². The average molecular weight is 463 g/mol. The molecule has 174 valence electrons. The number of fused-ring (bicyclic) bond motifs is 2. The minimum Gasteiger partial charge on any atom is -0.0839 e. The fraction of sp³-hybridized carbons (Fsp3) is 0.167. The quantitative estimate of drug-likeness (QED) is 0.379. The maximum atomic E-state index is 2.54. The number of rotatable bonds is 3. The molecule has 0 saturated carbocycles. The summed E-state index contributed by atoms with van der Waals surface area (Å²) in [5.74, 6) is 0.728. The van der Waals surface area contributed by atoms with Gasteiger partial charge in [0.25, 0.3) is 0 Å². The molecule has 2 unspecified atom stereocenters. The van der Waals surface area contributed by atoms with E-state index in [1.54, 1.807) is 22.3 Å². The summed E-state index contributed by atoms with van der Waals surface area (Å²) >= 11 is 0. The van der Waals surface area contributed by atoms with Crippen molar-refractivity contribution in [1.82, 2.24) is 0 Å². The lowest BCUT2D eigenvalue weighted by molar-refractivity contribution is 0.677. The van der Waals surface area contributed by atoms with Crippen molar-refractivity contribution >= 4 is 11.1 Å². The topological polar surface area (TPSA) is 0 Å². The Morgan fingerprint density at radius 2 is 1.17 bits per heavy atom. The van der Waals surface area contributed by atoms with Crippen molar-refractivity contribution < 1.29 is 0 Å². The number of benzene rings is 3. The molecule has 0 nitrogen and oxygen atoms in total.